The van der Waals surface area contributed by atoms with Gasteiger partial charge in [-0.05, 0) is 72.5 Å². The van der Waals surface area contributed by atoms with Gasteiger partial charge in [0.2, 0.25) is 0 Å². The van der Waals surface area contributed by atoms with Gasteiger partial charge in [0.05, 0.1) is 7.11 Å². The maximum absolute atomic E-state index is 5.52. The van der Waals surface area contributed by atoms with E-state index in [0.717, 1.165) is 18.6 Å². The Morgan fingerprint density at radius 1 is 0.667 bits per heavy atom. The average molecular weight is 409 g/mol. The van der Waals surface area contributed by atoms with Crippen LogP contribution in [0, 0.1) is 0 Å². The van der Waals surface area contributed by atoms with Gasteiger partial charge in [-0.25, -0.2) is 0 Å². The van der Waals surface area contributed by atoms with Crippen molar-refractivity contribution in [2.75, 3.05) is 7.11 Å². The second-order valence-corrected chi connectivity index (χ2v) is 11.5. The maximum Gasteiger partial charge on any atom is 0.119 e. The molecule has 0 N–H and O–H groups in total. The molecule has 30 heavy (non-hydrogen) atoms. The van der Waals surface area contributed by atoms with E-state index < -0.39 is 7.26 Å². The number of benzene rings is 4. The van der Waals surface area contributed by atoms with Gasteiger partial charge in [0, 0.05) is 0 Å². The normalized spacial score (nSPS) is 15.6. The Kier molecular flexibility index (Phi) is 5.15. The Morgan fingerprint density at radius 3 is 1.63 bits per heavy atom. The van der Waals surface area contributed by atoms with Crippen LogP contribution in [-0.4, -0.2) is 7.11 Å². The first-order valence-corrected chi connectivity index (χ1v) is 12.4. The molecule has 1 unspecified atom stereocenters. The third-order valence-electron chi connectivity index (χ3n) is 6.35. The van der Waals surface area contributed by atoms with Crippen LogP contribution in [0.25, 0.3) is 0 Å². The van der Waals surface area contributed by atoms with E-state index in [4.69, 9.17) is 4.74 Å². The van der Waals surface area contributed by atoms with Crippen LogP contribution in [0.1, 0.15) is 23.2 Å². The highest BCUT2D eigenvalue weighted by Gasteiger charge is 2.54. The lowest BCUT2D eigenvalue weighted by Gasteiger charge is -2.33. The number of ether oxygens (including phenoxy) is 1. The Balaban J connectivity index is 1.82. The smallest absolute Gasteiger partial charge is 0.119 e. The molecule has 0 spiro atoms. The minimum Gasteiger partial charge on any atom is -0.497 e. The summed E-state index contributed by atoms with van der Waals surface area (Å²) in [5.74, 6) is 0.956. The van der Waals surface area contributed by atoms with Crippen LogP contribution in [0.2, 0.25) is 0 Å². The van der Waals surface area contributed by atoms with Crippen LogP contribution in [-0.2, 0) is 6.42 Å². The van der Waals surface area contributed by atoms with Gasteiger partial charge in [0.1, 0.15) is 34.6 Å². The van der Waals surface area contributed by atoms with Crippen molar-refractivity contribution in [3.63, 3.8) is 0 Å². The monoisotopic (exact) mass is 409 g/mol. The van der Waals surface area contributed by atoms with E-state index >= 15 is 0 Å². The van der Waals surface area contributed by atoms with Gasteiger partial charge in [-0.1, -0.05) is 60.7 Å². The van der Waals surface area contributed by atoms with Crippen LogP contribution in [0.15, 0.2) is 109 Å². The molecule has 5 rings (SSSR count). The lowest BCUT2D eigenvalue weighted by Crippen LogP contribution is -2.34. The Labute approximate surface area is 179 Å². The molecule has 2 heteroatoms. The van der Waals surface area contributed by atoms with E-state index in [9.17, 15) is 0 Å². The predicted molar refractivity (Wildman–Crippen MR) is 129 cm³/mol. The molecule has 148 valence electrons. The van der Waals surface area contributed by atoms with Gasteiger partial charge in [0.25, 0.3) is 0 Å². The second kappa shape index (κ2) is 8.09. The second-order valence-electron chi connectivity index (χ2n) is 7.85. The molecular formula is C28H26OP+. The fraction of sp³-hybridized carbons (Fsp3) is 0.143. The molecule has 4 aromatic carbocycles. The minimum atomic E-state index is -1.90. The molecule has 1 aliphatic carbocycles. The summed E-state index contributed by atoms with van der Waals surface area (Å²) in [6.45, 7) is 0. The zero-order chi connectivity index (χ0) is 20.4. The molecule has 0 bridgehead atoms. The minimum absolute atomic E-state index is 0.464. The van der Waals surface area contributed by atoms with Crippen molar-refractivity contribution in [3.05, 3.63) is 120 Å². The summed E-state index contributed by atoms with van der Waals surface area (Å²) in [6, 6.07) is 40.3. The summed E-state index contributed by atoms with van der Waals surface area (Å²) >= 11 is 0. The van der Waals surface area contributed by atoms with Crippen LogP contribution >= 0.6 is 7.26 Å². The number of hydrogen-bond acceptors (Lipinski definition) is 1. The molecule has 0 aromatic heterocycles. The molecule has 0 radical (unpaired) electrons. The maximum atomic E-state index is 5.52. The van der Waals surface area contributed by atoms with Gasteiger partial charge in [-0.2, -0.15) is 0 Å². The predicted octanol–water partition coefficient (Wildman–Crippen LogP) is 5.68. The number of hydrogen-bond donors (Lipinski definition) is 0. The van der Waals surface area contributed by atoms with Crippen molar-refractivity contribution in [1.29, 1.82) is 0 Å². The van der Waals surface area contributed by atoms with Gasteiger partial charge in [-0.15, -0.1) is 0 Å². The third kappa shape index (κ3) is 3.06. The van der Waals surface area contributed by atoms with E-state index in [0.29, 0.717) is 5.66 Å². The highest BCUT2D eigenvalue weighted by Crippen LogP contribution is 2.70. The Bertz CT molecular complexity index is 1030. The highest BCUT2D eigenvalue weighted by atomic mass is 31.2. The third-order valence-corrected chi connectivity index (χ3v) is 11.2. The molecule has 0 saturated heterocycles. The first kappa shape index (κ1) is 19.1. The zero-order valence-electron chi connectivity index (χ0n) is 17.2. The average Bonchev–Trinajstić information content (AvgIpc) is 3.25. The topological polar surface area (TPSA) is 9.23 Å². The van der Waals surface area contributed by atoms with Gasteiger partial charge in [-0.3, -0.25) is 0 Å². The molecular weight excluding hydrogens is 383 g/mol. The van der Waals surface area contributed by atoms with Crippen molar-refractivity contribution in [2.24, 2.45) is 0 Å². The first-order chi connectivity index (χ1) is 14.8. The summed E-state index contributed by atoms with van der Waals surface area (Å²) < 4.78 is 5.52. The fourth-order valence-corrected chi connectivity index (χ4v) is 10.2. The van der Waals surface area contributed by atoms with Crippen LogP contribution < -0.4 is 20.7 Å². The number of fused-ring (bicyclic) bond motifs is 1. The molecule has 4 aromatic rings. The molecule has 1 atom stereocenters. The quantitative estimate of drug-likeness (QED) is 0.386. The molecule has 1 aliphatic rings. The highest BCUT2D eigenvalue weighted by molar-refractivity contribution is 7.96. The Hall–Kier alpha value is -2.89. The van der Waals surface area contributed by atoms with E-state index in [1.54, 1.807) is 7.11 Å². The molecule has 0 fully saturated rings. The lowest BCUT2D eigenvalue weighted by molar-refractivity contribution is 0.414. The number of rotatable bonds is 5. The van der Waals surface area contributed by atoms with Gasteiger partial charge in [0.15, 0.2) is 0 Å². The Morgan fingerprint density at radius 2 is 1.17 bits per heavy atom. The molecule has 0 saturated carbocycles. The van der Waals surface area contributed by atoms with E-state index in [-0.39, 0.29) is 0 Å². The molecule has 0 aliphatic heterocycles. The van der Waals surface area contributed by atoms with Crippen molar-refractivity contribution in [3.8, 4) is 5.75 Å². The zero-order valence-corrected chi connectivity index (χ0v) is 18.1. The van der Waals surface area contributed by atoms with Crippen molar-refractivity contribution in [2.45, 2.75) is 18.5 Å². The van der Waals surface area contributed by atoms with E-state index in [1.165, 1.54) is 27.0 Å². The summed E-state index contributed by atoms with van der Waals surface area (Å²) in [5, 5.41) is 4.36. The van der Waals surface area contributed by atoms with Crippen molar-refractivity contribution >= 4 is 23.2 Å². The number of aryl methyl sites for hydroxylation is 1. The fourth-order valence-electron chi connectivity index (χ4n) is 5.08. The standard InChI is InChI=1S/C28H26OP/c1-29-23-18-19-27-22(21-23)17-20-28(27)30(24-11-5-2-6-12-24,25-13-7-3-8-14-25)26-15-9-4-10-16-26/h2-16,18-19,21,28H,17,20H2,1H3/q+1. The number of methoxy groups -OCH3 is 1. The van der Waals surface area contributed by atoms with E-state index in [2.05, 4.69) is 109 Å². The summed E-state index contributed by atoms with van der Waals surface area (Å²) in [4.78, 5) is 0. The first-order valence-electron chi connectivity index (χ1n) is 10.6. The molecule has 0 amide bonds. The van der Waals surface area contributed by atoms with Crippen LogP contribution in [0.4, 0.5) is 0 Å². The summed E-state index contributed by atoms with van der Waals surface area (Å²) in [7, 11) is -0.144. The van der Waals surface area contributed by atoms with Crippen LogP contribution in [0.5, 0.6) is 5.75 Å². The van der Waals surface area contributed by atoms with E-state index in [1.807, 2.05) is 0 Å². The van der Waals surface area contributed by atoms with Gasteiger partial charge >= 0.3 is 0 Å². The molecule has 0 heterocycles. The van der Waals surface area contributed by atoms with Crippen molar-refractivity contribution in [1.82, 2.24) is 0 Å². The molecule has 1 nitrogen and oxygen atoms in total. The SMILES string of the molecule is COc1ccc2c(c1)CCC2[P+](c1ccccc1)(c1ccccc1)c1ccccc1. The summed E-state index contributed by atoms with van der Waals surface area (Å²) in [5.41, 5.74) is 3.39. The lowest BCUT2D eigenvalue weighted by atomic mass is 10.1. The van der Waals surface area contributed by atoms with Crippen molar-refractivity contribution < 1.29 is 4.74 Å². The van der Waals surface area contributed by atoms with Gasteiger partial charge < -0.3 is 4.74 Å². The summed E-state index contributed by atoms with van der Waals surface area (Å²) in [6.07, 6.45) is 2.26. The van der Waals surface area contributed by atoms with Crippen LogP contribution in [0.3, 0.4) is 0 Å². The largest absolute Gasteiger partial charge is 0.497 e.